The molecule has 2 atom stereocenters. The van der Waals surface area contributed by atoms with Crippen LogP contribution in [0.4, 0.5) is 11.5 Å². The molecule has 1 N–H and O–H groups in total. The minimum Gasteiger partial charge on any atom is -0.310 e. The molecule has 1 aliphatic carbocycles. The second-order valence-corrected chi connectivity index (χ2v) is 14.4. The van der Waals surface area contributed by atoms with Crippen LogP contribution in [-0.4, -0.2) is 34.0 Å². The molecule has 1 fully saturated rings. The number of carbonyl (C=O) groups is 1. The van der Waals surface area contributed by atoms with Crippen molar-refractivity contribution in [3.05, 3.63) is 151 Å². The van der Waals surface area contributed by atoms with Crippen LogP contribution >= 0.6 is 0 Å². The molecule has 51 heavy (non-hydrogen) atoms. The molecule has 9 nitrogen and oxygen atoms in total. The Balaban J connectivity index is 1.31. The molecule has 0 bridgehead atoms. The second-order valence-electron chi connectivity index (χ2n) is 12.6. The number of rotatable bonds is 8. The summed E-state index contributed by atoms with van der Waals surface area (Å²) < 4.78 is 28.7. The monoisotopic (exact) mass is 686 g/mol. The molecule has 1 amide bonds. The number of aliphatic imine (C=N–C) groups is 1. The molecule has 0 aliphatic heterocycles. The maximum absolute atomic E-state index is 13.8. The lowest BCUT2D eigenvalue weighted by molar-refractivity contribution is -0.117. The third kappa shape index (κ3) is 6.05. The zero-order valence-corrected chi connectivity index (χ0v) is 28.2. The van der Waals surface area contributed by atoms with Crippen LogP contribution in [0.5, 0.6) is 0 Å². The molecule has 1 saturated carbocycles. The van der Waals surface area contributed by atoms with Gasteiger partial charge in [0.05, 0.1) is 34.2 Å². The number of hydrogen-bond acceptors (Lipinski definition) is 7. The van der Waals surface area contributed by atoms with Crippen LogP contribution in [-0.2, 0) is 14.8 Å². The fraction of sp³-hybridized carbons (Fsp3) is 0.0976. The van der Waals surface area contributed by atoms with Gasteiger partial charge in [0.25, 0.3) is 10.0 Å². The van der Waals surface area contributed by atoms with Crippen molar-refractivity contribution in [1.29, 1.82) is 5.26 Å². The van der Waals surface area contributed by atoms with Gasteiger partial charge in [0.2, 0.25) is 5.91 Å². The Kier molecular flexibility index (Phi) is 7.97. The highest BCUT2D eigenvalue weighted by Gasteiger charge is 2.43. The number of anilines is 1. The number of aryl methyl sites for hydroxylation is 1. The second kappa shape index (κ2) is 12.8. The number of nitrogens with one attached hydrogen (secondary N) is 1. The molecule has 0 radical (unpaired) electrons. The number of benzene rings is 4. The quantitative estimate of drug-likeness (QED) is 0.161. The molecule has 7 aromatic rings. The predicted octanol–water partition coefficient (Wildman–Crippen LogP) is 8.06. The predicted molar refractivity (Wildman–Crippen MR) is 198 cm³/mol. The molecule has 4 aromatic carbocycles. The van der Waals surface area contributed by atoms with E-state index in [1.165, 1.54) is 10.2 Å². The number of pyridine rings is 2. The summed E-state index contributed by atoms with van der Waals surface area (Å²) in [7, 11) is -3.92. The van der Waals surface area contributed by atoms with Crippen molar-refractivity contribution in [2.45, 2.75) is 18.2 Å². The zero-order chi connectivity index (χ0) is 35.1. The summed E-state index contributed by atoms with van der Waals surface area (Å²) in [6.45, 7) is 1.91. The number of fused-ring (bicyclic) bond motifs is 2. The normalized spacial score (nSPS) is 15.3. The van der Waals surface area contributed by atoms with Gasteiger partial charge in [-0.1, -0.05) is 78.4 Å². The van der Waals surface area contributed by atoms with E-state index in [2.05, 4.69) is 21.4 Å². The Morgan fingerprint density at radius 2 is 1.59 bits per heavy atom. The molecule has 2 unspecified atom stereocenters. The highest BCUT2D eigenvalue weighted by Crippen LogP contribution is 2.40. The Hall–Kier alpha value is -6.44. The van der Waals surface area contributed by atoms with Gasteiger partial charge in [-0.3, -0.25) is 4.79 Å². The van der Waals surface area contributed by atoms with E-state index in [1.54, 1.807) is 48.8 Å². The first-order chi connectivity index (χ1) is 24.8. The number of hydrogen-bond donors (Lipinski definition) is 1. The maximum Gasteiger partial charge on any atom is 0.269 e. The van der Waals surface area contributed by atoms with Crippen LogP contribution in [0, 0.1) is 30.1 Å². The molecule has 0 spiro atoms. The summed E-state index contributed by atoms with van der Waals surface area (Å²) in [4.78, 5) is 27.4. The standard InChI is InChI=1S/C41H30N6O3S/c1-26-12-14-32(15-13-26)51(49,50)47-19-17-34-33(16-18-43-40(34)47)29-20-30-23-38(46-41(48)35-21-31(35)24-42)44-25-36(30)37(22-29)45-39(27-8-4-2-5-9-27)28-10-6-3-7-11-28/h2-20,22-23,25,31,35H,21H2,1H3,(H,44,46,48). The molecule has 248 valence electrons. The van der Waals surface area contributed by atoms with E-state index in [-0.39, 0.29) is 22.6 Å². The largest absolute Gasteiger partial charge is 0.310 e. The van der Waals surface area contributed by atoms with Crippen molar-refractivity contribution in [3.8, 4) is 17.2 Å². The van der Waals surface area contributed by atoms with Crippen molar-refractivity contribution in [1.82, 2.24) is 13.9 Å². The van der Waals surface area contributed by atoms with E-state index in [0.29, 0.717) is 29.0 Å². The van der Waals surface area contributed by atoms with Gasteiger partial charge in [0.1, 0.15) is 5.82 Å². The van der Waals surface area contributed by atoms with E-state index < -0.39 is 10.0 Å². The van der Waals surface area contributed by atoms with Gasteiger partial charge < -0.3 is 5.32 Å². The summed E-state index contributed by atoms with van der Waals surface area (Å²) in [6, 6.07) is 38.1. The first kappa shape index (κ1) is 31.8. The lowest BCUT2D eigenvalue weighted by Gasteiger charge is -2.13. The van der Waals surface area contributed by atoms with Crippen LogP contribution in [0.2, 0.25) is 0 Å². The third-order valence-electron chi connectivity index (χ3n) is 9.13. The first-order valence-electron chi connectivity index (χ1n) is 16.4. The van der Waals surface area contributed by atoms with Crippen molar-refractivity contribution < 1.29 is 13.2 Å². The third-order valence-corrected chi connectivity index (χ3v) is 10.8. The van der Waals surface area contributed by atoms with Crippen molar-refractivity contribution >= 4 is 55.0 Å². The summed E-state index contributed by atoms with van der Waals surface area (Å²) in [6.07, 6.45) is 5.37. The van der Waals surface area contributed by atoms with Crippen LogP contribution in [0.15, 0.2) is 144 Å². The topological polar surface area (TPSA) is 130 Å². The van der Waals surface area contributed by atoms with E-state index >= 15 is 0 Å². The van der Waals surface area contributed by atoms with E-state index in [1.807, 2.05) is 85.8 Å². The summed E-state index contributed by atoms with van der Waals surface area (Å²) in [5, 5.41) is 14.3. The fourth-order valence-corrected chi connectivity index (χ4v) is 7.60. The maximum atomic E-state index is 13.8. The molecule has 0 saturated heterocycles. The van der Waals surface area contributed by atoms with Crippen LogP contribution in [0.3, 0.4) is 0 Å². The highest BCUT2D eigenvalue weighted by atomic mass is 32.2. The van der Waals surface area contributed by atoms with Crippen molar-refractivity contribution in [2.75, 3.05) is 5.32 Å². The van der Waals surface area contributed by atoms with E-state index in [4.69, 9.17) is 4.99 Å². The number of carbonyl (C=O) groups excluding carboxylic acids is 1. The summed E-state index contributed by atoms with van der Waals surface area (Å²) >= 11 is 0. The van der Waals surface area contributed by atoms with E-state index in [9.17, 15) is 18.5 Å². The van der Waals surface area contributed by atoms with Gasteiger partial charge in [-0.2, -0.15) is 5.26 Å². The Bertz CT molecular complexity index is 2610. The number of nitrogens with zero attached hydrogens (tertiary/aromatic N) is 5. The fourth-order valence-electron chi connectivity index (χ4n) is 6.29. The van der Waals surface area contributed by atoms with Crippen LogP contribution < -0.4 is 5.32 Å². The lowest BCUT2D eigenvalue weighted by Crippen LogP contribution is -2.15. The molecule has 3 heterocycles. The Labute approximate surface area is 294 Å². The average Bonchev–Trinajstić information content (AvgIpc) is 3.83. The molecule has 1 aliphatic rings. The van der Waals surface area contributed by atoms with Gasteiger partial charge in [-0.25, -0.2) is 27.4 Å². The smallest absolute Gasteiger partial charge is 0.269 e. The van der Waals surface area contributed by atoms with Crippen molar-refractivity contribution in [3.63, 3.8) is 0 Å². The molecule has 8 rings (SSSR count). The number of amides is 1. The van der Waals surface area contributed by atoms with Crippen LogP contribution in [0.1, 0.15) is 23.1 Å². The van der Waals surface area contributed by atoms with Crippen LogP contribution in [0.25, 0.3) is 32.9 Å². The number of aromatic nitrogens is 3. The molecule has 10 heteroatoms. The Morgan fingerprint density at radius 3 is 2.25 bits per heavy atom. The van der Waals surface area contributed by atoms with Gasteiger partial charge in [-0.05, 0) is 72.3 Å². The average molecular weight is 687 g/mol. The van der Waals surface area contributed by atoms with E-state index in [0.717, 1.165) is 44.3 Å². The number of nitriles is 1. The summed E-state index contributed by atoms with van der Waals surface area (Å²) in [5.74, 6) is -0.484. The first-order valence-corrected chi connectivity index (χ1v) is 17.9. The SMILES string of the molecule is Cc1ccc(S(=O)(=O)n2ccc3c(-c4cc(N=C(c5ccccc5)c5ccccc5)c5cnc(NC(=O)C6CC6C#N)cc5c4)ccnc32)cc1. The minimum atomic E-state index is -3.92. The lowest BCUT2D eigenvalue weighted by atomic mass is 9.98. The van der Waals surface area contributed by atoms with Gasteiger partial charge in [-0.15, -0.1) is 0 Å². The minimum absolute atomic E-state index is 0.170. The van der Waals surface area contributed by atoms with Gasteiger partial charge in [0, 0.05) is 40.5 Å². The highest BCUT2D eigenvalue weighted by molar-refractivity contribution is 7.90. The van der Waals surface area contributed by atoms with Gasteiger partial charge in [0.15, 0.2) is 5.65 Å². The zero-order valence-electron chi connectivity index (χ0n) is 27.4. The molecule has 3 aromatic heterocycles. The summed E-state index contributed by atoms with van der Waals surface area (Å²) in [5.41, 5.74) is 6.05. The molecular weight excluding hydrogens is 657 g/mol. The van der Waals surface area contributed by atoms with Crippen molar-refractivity contribution in [2.24, 2.45) is 16.8 Å². The van der Waals surface area contributed by atoms with Gasteiger partial charge >= 0.3 is 0 Å². The molecular formula is C41H30N6O3S. The Morgan fingerprint density at radius 1 is 0.882 bits per heavy atom.